The lowest BCUT2D eigenvalue weighted by atomic mass is 9.92. The molecule has 1 saturated heterocycles. The summed E-state index contributed by atoms with van der Waals surface area (Å²) in [6.07, 6.45) is 0.335. The molecule has 1 aliphatic rings. The number of benzene rings is 1. The summed E-state index contributed by atoms with van der Waals surface area (Å²) in [5, 5.41) is 0. The van der Waals surface area contributed by atoms with Crippen molar-refractivity contribution < 1.29 is 9.59 Å². The van der Waals surface area contributed by atoms with Crippen molar-refractivity contribution in [3.8, 4) is 0 Å². The van der Waals surface area contributed by atoms with Crippen LogP contribution in [0.1, 0.15) is 20.3 Å². The van der Waals surface area contributed by atoms with Gasteiger partial charge >= 0.3 is 0 Å². The minimum absolute atomic E-state index is 0.0406. The summed E-state index contributed by atoms with van der Waals surface area (Å²) >= 11 is 1.67. The smallest absolute Gasteiger partial charge is 0.235 e. The van der Waals surface area contributed by atoms with E-state index in [2.05, 4.69) is 0 Å². The van der Waals surface area contributed by atoms with Crippen LogP contribution in [-0.2, 0) is 9.59 Å². The fourth-order valence-electron chi connectivity index (χ4n) is 2.03. The van der Waals surface area contributed by atoms with Crippen LogP contribution in [0.15, 0.2) is 35.2 Å². The first-order valence-electron chi connectivity index (χ1n) is 6.03. The Hall–Kier alpha value is -1.29. The molecule has 1 heterocycles. The van der Waals surface area contributed by atoms with Gasteiger partial charge in [-0.15, -0.1) is 11.8 Å². The molecule has 0 radical (unpaired) electrons. The summed E-state index contributed by atoms with van der Waals surface area (Å²) in [6, 6.07) is 10.00. The Kier molecular flexibility index (Phi) is 3.76. The third-order valence-corrected chi connectivity index (χ3v) is 4.04. The SMILES string of the molecule is CC1(C)CC(=O)N(CCSc2ccccc2)C1=O. The van der Waals surface area contributed by atoms with Gasteiger partial charge in [0.2, 0.25) is 11.8 Å². The van der Waals surface area contributed by atoms with Crippen LogP contribution in [0.25, 0.3) is 0 Å². The van der Waals surface area contributed by atoms with Gasteiger partial charge in [-0.25, -0.2) is 0 Å². The van der Waals surface area contributed by atoms with Gasteiger partial charge in [0, 0.05) is 23.6 Å². The monoisotopic (exact) mass is 263 g/mol. The maximum atomic E-state index is 12.0. The molecule has 2 amide bonds. The van der Waals surface area contributed by atoms with Crippen molar-refractivity contribution in [2.45, 2.75) is 25.2 Å². The molecule has 2 rings (SSSR count). The van der Waals surface area contributed by atoms with E-state index in [0.29, 0.717) is 13.0 Å². The van der Waals surface area contributed by atoms with Gasteiger partial charge in [-0.2, -0.15) is 0 Å². The van der Waals surface area contributed by atoms with Gasteiger partial charge in [0.25, 0.3) is 0 Å². The summed E-state index contributed by atoms with van der Waals surface area (Å²) in [6.45, 7) is 4.16. The lowest BCUT2D eigenvalue weighted by Gasteiger charge is -2.17. The van der Waals surface area contributed by atoms with Crippen molar-refractivity contribution in [1.29, 1.82) is 0 Å². The van der Waals surface area contributed by atoms with Crippen LogP contribution in [0.5, 0.6) is 0 Å². The van der Waals surface area contributed by atoms with E-state index in [1.807, 2.05) is 44.2 Å². The molecular formula is C14H17NO2S. The van der Waals surface area contributed by atoms with Crippen LogP contribution < -0.4 is 0 Å². The van der Waals surface area contributed by atoms with Crippen molar-refractivity contribution in [3.05, 3.63) is 30.3 Å². The van der Waals surface area contributed by atoms with E-state index in [0.717, 1.165) is 10.6 Å². The molecular weight excluding hydrogens is 246 g/mol. The van der Waals surface area contributed by atoms with E-state index in [1.54, 1.807) is 11.8 Å². The van der Waals surface area contributed by atoms with Gasteiger partial charge < -0.3 is 0 Å². The zero-order valence-corrected chi connectivity index (χ0v) is 11.5. The van der Waals surface area contributed by atoms with E-state index < -0.39 is 5.41 Å². The molecule has 0 spiro atoms. The summed E-state index contributed by atoms with van der Waals surface area (Å²) in [5.74, 6) is 0.664. The summed E-state index contributed by atoms with van der Waals surface area (Å²) in [7, 11) is 0. The number of nitrogens with zero attached hydrogens (tertiary/aromatic N) is 1. The number of rotatable bonds is 4. The number of hydrogen-bond acceptors (Lipinski definition) is 3. The topological polar surface area (TPSA) is 37.4 Å². The first kappa shape index (κ1) is 13.1. The first-order valence-corrected chi connectivity index (χ1v) is 7.02. The molecule has 1 aromatic rings. The highest BCUT2D eigenvalue weighted by Gasteiger charge is 2.44. The number of imide groups is 1. The molecule has 0 unspecified atom stereocenters. The average molecular weight is 263 g/mol. The number of carbonyl (C=O) groups excluding carboxylic acids is 2. The van der Waals surface area contributed by atoms with Crippen LogP contribution >= 0.6 is 11.8 Å². The fourth-order valence-corrected chi connectivity index (χ4v) is 2.88. The Morgan fingerprint density at radius 3 is 2.44 bits per heavy atom. The van der Waals surface area contributed by atoms with Crippen molar-refractivity contribution in [2.24, 2.45) is 5.41 Å². The van der Waals surface area contributed by atoms with Crippen molar-refractivity contribution >= 4 is 23.6 Å². The van der Waals surface area contributed by atoms with Crippen molar-refractivity contribution in [1.82, 2.24) is 4.90 Å². The second-order valence-electron chi connectivity index (χ2n) is 5.07. The minimum atomic E-state index is -0.519. The molecule has 0 aromatic heterocycles. The molecule has 1 aliphatic heterocycles. The maximum Gasteiger partial charge on any atom is 0.235 e. The number of carbonyl (C=O) groups is 2. The normalized spacial score (nSPS) is 18.4. The molecule has 0 aliphatic carbocycles. The number of likely N-dealkylation sites (tertiary alicyclic amines) is 1. The highest BCUT2D eigenvalue weighted by atomic mass is 32.2. The van der Waals surface area contributed by atoms with Gasteiger partial charge in [0.05, 0.1) is 5.41 Å². The van der Waals surface area contributed by atoms with Crippen LogP contribution in [0.3, 0.4) is 0 Å². The molecule has 3 nitrogen and oxygen atoms in total. The van der Waals surface area contributed by atoms with E-state index in [-0.39, 0.29) is 11.8 Å². The molecule has 0 bridgehead atoms. The average Bonchev–Trinajstić information content (AvgIpc) is 2.52. The first-order chi connectivity index (χ1) is 8.50. The fraction of sp³-hybridized carbons (Fsp3) is 0.429. The number of hydrogen-bond donors (Lipinski definition) is 0. The lowest BCUT2D eigenvalue weighted by molar-refractivity contribution is -0.140. The molecule has 1 aromatic carbocycles. The molecule has 0 N–H and O–H groups in total. The zero-order chi connectivity index (χ0) is 13.2. The quantitative estimate of drug-likeness (QED) is 0.619. The Balaban J connectivity index is 1.88. The second kappa shape index (κ2) is 5.14. The molecule has 18 heavy (non-hydrogen) atoms. The largest absolute Gasteiger partial charge is 0.281 e. The number of thioether (sulfide) groups is 1. The van der Waals surface area contributed by atoms with E-state index in [1.165, 1.54) is 4.90 Å². The third-order valence-electron chi connectivity index (χ3n) is 3.05. The zero-order valence-electron chi connectivity index (χ0n) is 10.7. The van der Waals surface area contributed by atoms with Crippen LogP contribution in [0.4, 0.5) is 0 Å². The van der Waals surface area contributed by atoms with Gasteiger partial charge in [-0.3, -0.25) is 14.5 Å². The minimum Gasteiger partial charge on any atom is -0.281 e. The van der Waals surface area contributed by atoms with E-state index in [9.17, 15) is 9.59 Å². The van der Waals surface area contributed by atoms with E-state index >= 15 is 0 Å². The lowest BCUT2D eigenvalue weighted by Crippen LogP contribution is -2.34. The van der Waals surface area contributed by atoms with Crippen molar-refractivity contribution in [3.63, 3.8) is 0 Å². The van der Waals surface area contributed by atoms with Gasteiger partial charge in [0.1, 0.15) is 0 Å². The highest BCUT2D eigenvalue weighted by molar-refractivity contribution is 7.99. The second-order valence-corrected chi connectivity index (χ2v) is 6.24. The van der Waals surface area contributed by atoms with Crippen LogP contribution in [-0.4, -0.2) is 29.0 Å². The standard InChI is InChI=1S/C14H17NO2S/c1-14(2)10-12(16)15(13(14)17)8-9-18-11-6-4-3-5-7-11/h3-7H,8-10H2,1-2H3. The van der Waals surface area contributed by atoms with Gasteiger partial charge in [0.15, 0.2) is 0 Å². The predicted octanol–water partition coefficient (Wildman–Crippen LogP) is 2.56. The van der Waals surface area contributed by atoms with Gasteiger partial charge in [-0.1, -0.05) is 32.0 Å². The Morgan fingerprint density at radius 1 is 1.22 bits per heavy atom. The summed E-state index contributed by atoms with van der Waals surface area (Å²) in [5.41, 5.74) is -0.519. The third kappa shape index (κ3) is 2.75. The molecule has 4 heteroatoms. The Labute approximate surface area is 112 Å². The summed E-state index contributed by atoms with van der Waals surface area (Å²) < 4.78 is 0. The number of amides is 2. The highest BCUT2D eigenvalue weighted by Crippen LogP contribution is 2.31. The predicted molar refractivity (Wildman–Crippen MR) is 72.3 cm³/mol. The van der Waals surface area contributed by atoms with Crippen LogP contribution in [0, 0.1) is 5.41 Å². The maximum absolute atomic E-state index is 12.0. The Morgan fingerprint density at radius 2 is 1.89 bits per heavy atom. The van der Waals surface area contributed by atoms with Crippen molar-refractivity contribution in [2.75, 3.05) is 12.3 Å². The van der Waals surface area contributed by atoms with Gasteiger partial charge in [-0.05, 0) is 12.1 Å². The molecule has 0 atom stereocenters. The molecule has 0 saturated carbocycles. The summed E-state index contributed by atoms with van der Waals surface area (Å²) in [4.78, 5) is 26.3. The molecule has 1 fully saturated rings. The van der Waals surface area contributed by atoms with E-state index in [4.69, 9.17) is 0 Å². The Bertz CT molecular complexity index is 456. The molecule has 96 valence electrons. The van der Waals surface area contributed by atoms with Crippen LogP contribution in [0.2, 0.25) is 0 Å².